The number of fused-ring (bicyclic) bond motifs is 1. The second-order valence-electron chi connectivity index (χ2n) is 5.03. The van der Waals surface area contributed by atoms with Gasteiger partial charge in [0.2, 0.25) is 5.91 Å². The van der Waals surface area contributed by atoms with Gasteiger partial charge in [0.05, 0.1) is 0 Å². The van der Waals surface area contributed by atoms with Gasteiger partial charge in [-0.3, -0.25) is 4.79 Å². The van der Waals surface area contributed by atoms with Gasteiger partial charge in [0.25, 0.3) is 0 Å². The monoisotopic (exact) mass is 258 g/mol. The van der Waals surface area contributed by atoms with Gasteiger partial charge in [-0.2, -0.15) is 0 Å². The molecular weight excluding hydrogens is 240 g/mol. The summed E-state index contributed by atoms with van der Waals surface area (Å²) in [5, 5.41) is 12.4. The van der Waals surface area contributed by atoms with Crippen molar-refractivity contribution < 1.29 is 14.7 Å². The van der Waals surface area contributed by atoms with Crippen LogP contribution in [0.1, 0.15) is 27.2 Å². The molecule has 2 N–H and O–H groups in total. The number of nitrogens with zero attached hydrogens (tertiary/aromatic N) is 1. The summed E-state index contributed by atoms with van der Waals surface area (Å²) >= 11 is 1.58. The highest BCUT2D eigenvalue weighted by Gasteiger charge is 2.63. The molecule has 0 radical (unpaired) electrons. The molecule has 0 aliphatic carbocycles. The fourth-order valence-electron chi connectivity index (χ4n) is 2.50. The largest absolute Gasteiger partial charge is 0.480 e. The molecule has 2 aliphatic rings. The van der Waals surface area contributed by atoms with E-state index in [9.17, 15) is 14.7 Å². The summed E-state index contributed by atoms with van der Waals surface area (Å²) < 4.78 is -0.422. The average Bonchev–Trinajstić information content (AvgIpc) is 2.48. The highest BCUT2D eigenvalue weighted by molar-refractivity contribution is 8.01. The predicted molar refractivity (Wildman–Crippen MR) is 65.8 cm³/mol. The van der Waals surface area contributed by atoms with Crippen molar-refractivity contribution in [2.45, 2.75) is 49.4 Å². The minimum atomic E-state index is -0.910. The zero-order valence-corrected chi connectivity index (χ0v) is 11.1. The number of aliphatic carboxylic acids is 1. The van der Waals surface area contributed by atoms with Gasteiger partial charge in [0.15, 0.2) is 0 Å². The van der Waals surface area contributed by atoms with Crippen LogP contribution in [0.2, 0.25) is 0 Å². The third-order valence-electron chi connectivity index (χ3n) is 3.29. The smallest absolute Gasteiger partial charge is 0.327 e. The van der Waals surface area contributed by atoms with Crippen LogP contribution in [0.15, 0.2) is 0 Å². The minimum absolute atomic E-state index is 0.0230. The Bertz CT molecular complexity index is 359. The molecule has 0 aromatic carbocycles. The van der Waals surface area contributed by atoms with Crippen molar-refractivity contribution in [1.29, 1.82) is 0 Å². The number of carbonyl (C=O) groups is 2. The summed E-state index contributed by atoms with van der Waals surface area (Å²) in [6, 6.07) is -0.909. The van der Waals surface area contributed by atoms with E-state index in [4.69, 9.17) is 0 Å². The lowest BCUT2D eigenvalue weighted by Gasteiger charge is -2.43. The van der Waals surface area contributed by atoms with E-state index in [0.29, 0.717) is 0 Å². The van der Waals surface area contributed by atoms with Gasteiger partial charge in [0.1, 0.15) is 17.5 Å². The molecule has 2 aliphatic heterocycles. The van der Waals surface area contributed by atoms with Crippen LogP contribution in [0.4, 0.5) is 0 Å². The van der Waals surface area contributed by atoms with E-state index in [1.807, 2.05) is 20.8 Å². The molecule has 5 nitrogen and oxygen atoms in total. The molecule has 1 amide bonds. The Morgan fingerprint density at radius 1 is 1.59 bits per heavy atom. The SMILES string of the molecule is CCCNC1C(=O)N2C1SC(C)(C)C2C(=O)O. The summed E-state index contributed by atoms with van der Waals surface area (Å²) in [5.74, 6) is -0.985. The topological polar surface area (TPSA) is 69.6 Å². The van der Waals surface area contributed by atoms with Gasteiger partial charge >= 0.3 is 5.97 Å². The van der Waals surface area contributed by atoms with Gasteiger partial charge in [-0.1, -0.05) is 6.92 Å². The number of amides is 1. The Kier molecular flexibility index (Phi) is 3.12. The first kappa shape index (κ1) is 12.7. The van der Waals surface area contributed by atoms with E-state index in [1.54, 1.807) is 11.8 Å². The molecular formula is C11H18N2O3S. The number of carbonyl (C=O) groups excluding carboxylic acids is 1. The maximum absolute atomic E-state index is 11.9. The summed E-state index contributed by atoms with van der Waals surface area (Å²) in [7, 11) is 0. The predicted octanol–water partition coefficient (Wildman–Crippen LogP) is 0.501. The molecule has 0 saturated carbocycles. The van der Waals surface area contributed by atoms with E-state index >= 15 is 0 Å². The number of thioether (sulfide) groups is 1. The van der Waals surface area contributed by atoms with Crippen molar-refractivity contribution in [3.63, 3.8) is 0 Å². The number of β-lactam (4-membered cyclic amide) rings is 1. The van der Waals surface area contributed by atoms with E-state index in [-0.39, 0.29) is 17.3 Å². The van der Waals surface area contributed by atoms with Crippen LogP contribution in [0.3, 0.4) is 0 Å². The van der Waals surface area contributed by atoms with Gasteiger partial charge in [-0.05, 0) is 26.8 Å². The summed E-state index contributed by atoms with van der Waals surface area (Å²) in [6.07, 6.45) is 0.965. The van der Waals surface area contributed by atoms with Gasteiger partial charge in [-0.15, -0.1) is 11.8 Å². The summed E-state index contributed by atoms with van der Waals surface area (Å²) in [6.45, 7) is 6.61. The minimum Gasteiger partial charge on any atom is -0.480 e. The highest BCUT2D eigenvalue weighted by atomic mass is 32.2. The number of hydrogen-bond acceptors (Lipinski definition) is 4. The molecule has 17 heavy (non-hydrogen) atoms. The van der Waals surface area contributed by atoms with Crippen LogP contribution in [-0.2, 0) is 9.59 Å². The van der Waals surface area contributed by atoms with Crippen LogP contribution in [-0.4, -0.2) is 50.6 Å². The van der Waals surface area contributed by atoms with Crippen LogP contribution < -0.4 is 5.32 Å². The first-order valence-electron chi connectivity index (χ1n) is 5.86. The van der Waals surface area contributed by atoms with Crippen LogP contribution in [0, 0.1) is 0 Å². The molecule has 2 rings (SSSR count). The Morgan fingerprint density at radius 3 is 2.76 bits per heavy atom. The molecule has 2 fully saturated rings. The number of carboxylic acids is 1. The fourth-order valence-corrected chi connectivity index (χ4v) is 4.15. The zero-order valence-electron chi connectivity index (χ0n) is 10.3. The first-order chi connectivity index (χ1) is 7.90. The first-order valence-corrected chi connectivity index (χ1v) is 6.74. The van der Waals surface area contributed by atoms with Crippen molar-refractivity contribution in [2.24, 2.45) is 0 Å². The second-order valence-corrected chi connectivity index (χ2v) is 6.80. The normalized spacial score (nSPS) is 34.4. The maximum Gasteiger partial charge on any atom is 0.327 e. The molecule has 2 saturated heterocycles. The Labute approximate surface area is 105 Å². The third-order valence-corrected chi connectivity index (χ3v) is 4.86. The van der Waals surface area contributed by atoms with Crippen LogP contribution in [0.25, 0.3) is 0 Å². The van der Waals surface area contributed by atoms with Crippen molar-refractivity contribution in [1.82, 2.24) is 10.2 Å². The van der Waals surface area contributed by atoms with Crippen molar-refractivity contribution in [3.8, 4) is 0 Å². The fraction of sp³-hybridized carbons (Fsp3) is 0.818. The van der Waals surface area contributed by atoms with Gasteiger partial charge in [-0.25, -0.2) is 4.79 Å². The van der Waals surface area contributed by atoms with Crippen molar-refractivity contribution >= 4 is 23.6 Å². The van der Waals surface area contributed by atoms with E-state index in [2.05, 4.69) is 5.32 Å². The summed E-state index contributed by atoms with van der Waals surface area (Å²) in [4.78, 5) is 24.7. The lowest BCUT2D eigenvalue weighted by Crippen LogP contribution is -2.70. The number of nitrogens with one attached hydrogen (secondary N) is 1. The van der Waals surface area contributed by atoms with E-state index in [1.165, 1.54) is 4.90 Å². The van der Waals surface area contributed by atoms with Crippen molar-refractivity contribution in [3.05, 3.63) is 0 Å². The van der Waals surface area contributed by atoms with Gasteiger partial charge < -0.3 is 15.3 Å². The lowest BCUT2D eigenvalue weighted by atomic mass is 9.96. The quantitative estimate of drug-likeness (QED) is 0.719. The number of carboxylic acid groups (broad SMARTS) is 1. The van der Waals surface area contributed by atoms with E-state index < -0.39 is 16.8 Å². The standard InChI is InChI=1S/C11H18N2O3S/c1-4-5-12-6-8(14)13-7(10(15)16)11(2,3)17-9(6)13/h6-7,9,12H,4-5H2,1-3H3,(H,15,16). The Balaban J connectivity index is 2.13. The molecule has 0 aromatic rings. The highest BCUT2D eigenvalue weighted by Crippen LogP contribution is 2.50. The molecule has 0 aromatic heterocycles. The number of rotatable bonds is 4. The van der Waals surface area contributed by atoms with Crippen LogP contribution >= 0.6 is 11.8 Å². The Morgan fingerprint density at radius 2 is 2.24 bits per heavy atom. The zero-order chi connectivity index (χ0) is 12.8. The molecule has 3 atom stereocenters. The molecule has 96 valence electrons. The molecule has 0 spiro atoms. The molecule has 2 heterocycles. The average molecular weight is 258 g/mol. The molecule has 6 heteroatoms. The lowest BCUT2D eigenvalue weighted by molar-refractivity contribution is -0.160. The maximum atomic E-state index is 11.9. The molecule has 3 unspecified atom stereocenters. The van der Waals surface area contributed by atoms with Crippen molar-refractivity contribution in [2.75, 3.05) is 6.54 Å². The molecule has 0 bridgehead atoms. The van der Waals surface area contributed by atoms with E-state index in [0.717, 1.165) is 13.0 Å². The third kappa shape index (κ3) is 1.83. The second kappa shape index (κ2) is 4.17. The van der Waals surface area contributed by atoms with Gasteiger partial charge in [0, 0.05) is 4.75 Å². The Hall–Kier alpha value is -0.750. The summed E-state index contributed by atoms with van der Waals surface area (Å²) in [5.41, 5.74) is 0. The number of hydrogen-bond donors (Lipinski definition) is 2. The van der Waals surface area contributed by atoms with Crippen LogP contribution in [0.5, 0.6) is 0 Å².